The Labute approximate surface area is 180 Å². The summed E-state index contributed by atoms with van der Waals surface area (Å²) in [5.74, 6) is 0. The quantitative estimate of drug-likeness (QED) is 0.313. The molecule has 158 valence electrons. The summed E-state index contributed by atoms with van der Waals surface area (Å²) in [6.07, 6.45) is 5.52. The third kappa shape index (κ3) is 6.08. The SMILES string of the molecule is CC1(C)OB(/C(=C/C=COCc2ccccc2)COCc2ccccc2)OC1(C)C. The maximum atomic E-state index is 6.21. The molecule has 0 spiro atoms. The van der Waals surface area contributed by atoms with Crippen molar-refractivity contribution in [3.05, 3.63) is 95.7 Å². The van der Waals surface area contributed by atoms with Crippen LogP contribution in [0.4, 0.5) is 0 Å². The normalized spacial score (nSPS) is 18.1. The van der Waals surface area contributed by atoms with E-state index in [4.69, 9.17) is 18.8 Å². The van der Waals surface area contributed by atoms with Crippen molar-refractivity contribution in [2.45, 2.75) is 52.1 Å². The third-order valence-electron chi connectivity index (χ3n) is 5.51. The Morgan fingerprint density at radius 2 is 1.37 bits per heavy atom. The zero-order valence-corrected chi connectivity index (χ0v) is 18.3. The predicted octanol–water partition coefficient (Wildman–Crippen LogP) is 5.49. The largest absolute Gasteiger partial charge is 0.497 e. The van der Waals surface area contributed by atoms with Crippen LogP contribution in [0.25, 0.3) is 0 Å². The fraction of sp³-hybridized carbons (Fsp3) is 0.360. The summed E-state index contributed by atoms with van der Waals surface area (Å²) in [6, 6.07) is 20.2. The smallest absolute Gasteiger partial charge is 0.492 e. The molecule has 2 aromatic rings. The Bertz CT molecular complexity index is 828. The second-order valence-corrected chi connectivity index (χ2v) is 8.43. The molecule has 30 heavy (non-hydrogen) atoms. The minimum atomic E-state index is -0.454. The molecule has 1 heterocycles. The molecule has 0 amide bonds. The molecule has 1 fully saturated rings. The summed E-state index contributed by atoms with van der Waals surface area (Å²) in [6.45, 7) is 9.67. The van der Waals surface area contributed by atoms with Crippen LogP contribution in [0.1, 0.15) is 38.8 Å². The first-order valence-electron chi connectivity index (χ1n) is 10.4. The first-order valence-corrected chi connectivity index (χ1v) is 10.4. The van der Waals surface area contributed by atoms with Gasteiger partial charge in [0.25, 0.3) is 0 Å². The van der Waals surface area contributed by atoms with Crippen molar-refractivity contribution in [1.29, 1.82) is 0 Å². The van der Waals surface area contributed by atoms with E-state index >= 15 is 0 Å². The standard InChI is InChI=1S/C25H31BO4/c1-24(2)25(3,4)30-26(29-24)23(20-28-19-22-14-9-6-10-15-22)16-11-17-27-18-21-12-7-5-8-13-21/h5-17H,18-20H2,1-4H3/b17-11?,23-16+. The average molecular weight is 406 g/mol. The van der Waals surface area contributed by atoms with Crippen LogP contribution in [-0.2, 0) is 32.0 Å². The second kappa shape index (κ2) is 10.1. The number of allylic oxidation sites excluding steroid dienone is 2. The lowest BCUT2D eigenvalue weighted by Gasteiger charge is -2.32. The molecule has 0 atom stereocenters. The Kier molecular flexibility index (Phi) is 7.54. The summed E-state index contributed by atoms with van der Waals surface area (Å²) in [5, 5.41) is 0. The minimum Gasteiger partial charge on any atom is -0.497 e. The van der Waals surface area contributed by atoms with E-state index in [0.29, 0.717) is 19.8 Å². The van der Waals surface area contributed by atoms with Gasteiger partial charge in [-0.05, 0) is 50.4 Å². The first-order chi connectivity index (χ1) is 14.4. The molecule has 0 aromatic heterocycles. The van der Waals surface area contributed by atoms with Gasteiger partial charge in [0.2, 0.25) is 0 Å². The molecule has 0 unspecified atom stereocenters. The Balaban J connectivity index is 1.62. The van der Waals surface area contributed by atoms with Gasteiger partial charge in [0.05, 0.1) is 30.7 Å². The van der Waals surface area contributed by atoms with E-state index in [9.17, 15) is 0 Å². The lowest BCUT2D eigenvalue weighted by atomic mass is 9.78. The Morgan fingerprint density at radius 3 is 1.93 bits per heavy atom. The maximum Gasteiger partial charge on any atom is 0.492 e. The van der Waals surface area contributed by atoms with Gasteiger partial charge in [-0.1, -0.05) is 66.7 Å². The number of hydrogen-bond donors (Lipinski definition) is 0. The highest BCUT2D eigenvalue weighted by Crippen LogP contribution is 2.38. The zero-order valence-electron chi connectivity index (χ0n) is 18.3. The lowest BCUT2D eigenvalue weighted by molar-refractivity contribution is 0.00578. The van der Waals surface area contributed by atoms with Crippen LogP contribution in [0.3, 0.4) is 0 Å². The van der Waals surface area contributed by atoms with Crippen molar-refractivity contribution < 1.29 is 18.8 Å². The van der Waals surface area contributed by atoms with E-state index < -0.39 is 18.3 Å². The lowest BCUT2D eigenvalue weighted by Crippen LogP contribution is -2.41. The van der Waals surface area contributed by atoms with E-state index in [-0.39, 0.29) is 0 Å². The Morgan fingerprint density at radius 1 is 0.833 bits per heavy atom. The summed E-state index contributed by atoms with van der Waals surface area (Å²) in [4.78, 5) is 0. The fourth-order valence-corrected chi connectivity index (χ4v) is 2.99. The van der Waals surface area contributed by atoms with Gasteiger partial charge in [-0.3, -0.25) is 0 Å². The highest BCUT2D eigenvalue weighted by molar-refractivity contribution is 6.54. The van der Waals surface area contributed by atoms with Crippen molar-refractivity contribution in [2.24, 2.45) is 0 Å². The average Bonchev–Trinajstić information content (AvgIpc) is 2.95. The zero-order chi connectivity index (χ0) is 21.5. The second-order valence-electron chi connectivity index (χ2n) is 8.43. The van der Waals surface area contributed by atoms with Crippen LogP contribution in [0, 0.1) is 0 Å². The Hall–Kier alpha value is -2.34. The molecule has 2 aromatic carbocycles. The highest BCUT2D eigenvalue weighted by Gasteiger charge is 2.52. The van der Waals surface area contributed by atoms with E-state index in [1.165, 1.54) is 0 Å². The van der Waals surface area contributed by atoms with Gasteiger partial charge < -0.3 is 18.8 Å². The topological polar surface area (TPSA) is 36.9 Å². The van der Waals surface area contributed by atoms with Gasteiger partial charge in [-0.25, -0.2) is 0 Å². The van der Waals surface area contributed by atoms with Crippen LogP contribution in [-0.4, -0.2) is 24.9 Å². The van der Waals surface area contributed by atoms with Gasteiger partial charge in [0, 0.05) is 0 Å². The molecule has 5 heteroatoms. The van der Waals surface area contributed by atoms with Crippen molar-refractivity contribution in [3.8, 4) is 0 Å². The molecule has 1 aliphatic heterocycles. The summed E-state index contributed by atoms with van der Waals surface area (Å²) in [7, 11) is -0.454. The molecule has 4 nitrogen and oxygen atoms in total. The third-order valence-corrected chi connectivity index (χ3v) is 5.51. The van der Waals surface area contributed by atoms with Gasteiger partial charge in [-0.2, -0.15) is 0 Å². The van der Waals surface area contributed by atoms with Gasteiger partial charge in [0.1, 0.15) is 6.61 Å². The molecular weight excluding hydrogens is 375 g/mol. The van der Waals surface area contributed by atoms with Crippen molar-refractivity contribution >= 4 is 7.12 Å². The van der Waals surface area contributed by atoms with E-state index in [1.807, 2.05) is 88.4 Å². The van der Waals surface area contributed by atoms with E-state index in [1.54, 1.807) is 6.26 Å². The molecule has 0 saturated carbocycles. The number of hydrogen-bond acceptors (Lipinski definition) is 4. The monoisotopic (exact) mass is 406 g/mol. The maximum absolute atomic E-state index is 6.21. The molecule has 3 rings (SSSR count). The summed E-state index contributed by atoms with van der Waals surface area (Å²) < 4.78 is 24.0. The van der Waals surface area contributed by atoms with Crippen LogP contribution in [0.5, 0.6) is 0 Å². The first kappa shape index (κ1) is 22.4. The number of rotatable bonds is 9. The van der Waals surface area contributed by atoms with Crippen LogP contribution < -0.4 is 0 Å². The van der Waals surface area contributed by atoms with Crippen molar-refractivity contribution in [3.63, 3.8) is 0 Å². The minimum absolute atomic E-state index is 0.399. The van der Waals surface area contributed by atoms with E-state index in [0.717, 1.165) is 16.6 Å². The number of ether oxygens (including phenoxy) is 2. The number of benzene rings is 2. The molecule has 1 saturated heterocycles. The molecule has 0 aliphatic carbocycles. The van der Waals surface area contributed by atoms with Crippen molar-refractivity contribution in [2.75, 3.05) is 6.61 Å². The van der Waals surface area contributed by atoms with Crippen LogP contribution >= 0.6 is 0 Å². The molecular formula is C25H31BO4. The summed E-state index contributed by atoms with van der Waals surface area (Å²) >= 11 is 0. The fourth-order valence-electron chi connectivity index (χ4n) is 2.99. The summed E-state index contributed by atoms with van der Waals surface area (Å²) in [5.41, 5.74) is 2.38. The highest BCUT2D eigenvalue weighted by atomic mass is 16.7. The van der Waals surface area contributed by atoms with Gasteiger partial charge in [-0.15, -0.1) is 0 Å². The molecule has 0 N–H and O–H groups in total. The van der Waals surface area contributed by atoms with Crippen LogP contribution in [0.2, 0.25) is 0 Å². The molecule has 0 radical (unpaired) electrons. The van der Waals surface area contributed by atoms with E-state index in [2.05, 4.69) is 12.1 Å². The van der Waals surface area contributed by atoms with Gasteiger partial charge in [0.15, 0.2) is 0 Å². The molecule has 1 aliphatic rings. The predicted molar refractivity (Wildman–Crippen MR) is 121 cm³/mol. The van der Waals surface area contributed by atoms with Gasteiger partial charge >= 0.3 is 7.12 Å². The molecule has 0 bridgehead atoms. The van der Waals surface area contributed by atoms with Crippen LogP contribution in [0.15, 0.2) is 84.6 Å². The van der Waals surface area contributed by atoms with Crippen molar-refractivity contribution in [1.82, 2.24) is 0 Å².